The van der Waals surface area contributed by atoms with Crippen molar-refractivity contribution in [1.29, 1.82) is 0 Å². The van der Waals surface area contributed by atoms with Gasteiger partial charge in [0.15, 0.2) is 22.6 Å². The van der Waals surface area contributed by atoms with Gasteiger partial charge in [-0.2, -0.15) is 0 Å². The molecule has 0 spiro atoms. The number of rotatable bonds is 5. The summed E-state index contributed by atoms with van der Waals surface area (Å²) in [6.45, 7) is 1.58. The molecule has 0 fully saturated rings. The summed E-state index contributed by atoms with van der Waals surface area (Å²) < 4.78 is 21.0. The SMILES string of the molecule is CC(Oc1ccccc1F)C(=O)Nc1ccc(-c2cn3ccsc3n2)cc1. The van der Waals surface area contributed by atoms with Crippen molar-refractivity contribution >= 4 is 27.9 Å². The average molecular weight is 381 g/mol. The third-order valence-electron chi connectivity index (χ3n) is 4.05. The van der Waals surface area contributed by atoms with Crippen LogP contribution in [0.3, 0.4) is 0 Å². The summed E-state index contributed by atoms with van der Waals surface area (Å²) in [5.74, 6) is -0.801. The molecule has 4 aromatic rings. The van der Waals surface area contributed by atoms with Crippen LogP contribution in [0.5, 0.6) is 5.75 Å². The molecule has 0 aliphatic heterocycles. The highest BCUT2D eigenvalue weighted by molar-refractivity contribution is 7.15. The van der Waals surface area contributed by atoms with E-state index in [0.717, 1.165) is 16.2 Å². The number of amides is 1. The van der Waals surface area contributed by atoms with Crippen molar-refractivity contribution in [3.8, 4) is 17.0 Å². The number of nitrogens with one attached hydrogen (secondary N) is 1. The zero-order valence-corrected chi connectivity index (χ0v) is 15.2. The molecule has 0 saturated heterocycles. The summed E-state index contributed by atoms with van der Waals surface area (Å²) in [6.07, 6.45) is 3.09. The van der Waals surface area contributed by atoms with Gasteiger partial charge < -0.3 is 10.1 Å². The second kappa shape index (κ2) is 7.20. The van der Waals surface area contributed by atoms with Gasteiger partial charge in [0.25, 0.3) is 5.91 Å². The van der Waals surface area contributed by atoms with Crippen LogP contribution in [-0.4, -0.2) is 21.4 Å². The predicted octanol–water partition coefficient (Wildman–Crippen LogP) is 4.61. The van der Waals surface area contributed by atoms with Crippen LogP contribution < -0.4 is 10.1 Å². The van der Waals surface area contributed by atoms with Crippen molar-refractivity contribution in [1.82, 2.24) is 9.38 Å². The third kappa shape index (κ3) is 3.68. The van der Waals surface area contributed by atoms with Gasteiger partial charge in [0.05, 0.1) is 5.69 Å². The van der Waals surface area contributed by atoms with Gasteiger partial charge in [0.1, 0.15) is 0 Å². The molecule has 1 atom stereocenters. The first-order valence-corrected chi connectivity index (χ1v) is 9.23. The highest BCUT2D eigenvalue weighted by Crippen LogP contribution is 2.23. The standard InChI is InChI=1S/C20H16FN3O2S/c1-13(26-18-5-3-2-4-16(18)21)19(25)22-15-8-6-14(7-9-15)17-12-24-10-11-27-20(24)23-17/h2-13H,1H3,(H,22,25). The number of ether oxygens (including phenoxy) is 1. The third-order valence-corrected chi connectivity index (χ3v) is 4.82. The van der Waals surface area contributed by atoms with Crippen molar-refractivity contribution < 1.29 is 13.9 Å². The summed E-state index contributed by atoms with van der Waals surface area (Å²) in [5, 5.41) is 4.75. The first kappa shape index (κ1) is 17.2. The zero-order valence-electron chi connectivity index (χ0n) is 14.4. The number of imidazole rings is 1. The minimum Gasteiger partial charge on any atom is -0.478 e. The molecule has 7 heteroatoms. The topological polar surface area (TPSA) is 55.6 Å². The lowest BCUT2D eigenvalue weighted by Gasteiger charge is -2.15. The Bertz CT molecular complexity index is 1060. The fourth-order valence-electron chi connectivity index (χ4n) is 2.62. The molecular weight excluding hydrogens is 365 g/mol. The van der Waals surface area contributed by atoms with Crippen LogP contribution in [0.25, 0.3) is 16.2 Å². The van der Waals surface area contributed by atoms with Gasteiger partial charge in [-0.15, -0.1) is 11.3 Å². The number of anilines is 1. The molecule has 0 aliphatic rings. The average Bonchev–Trinajstić information content (AvgIpc) is 3.26. The number of carbonyl (C=O) groups excluding carboxylic acids is 1. The smallest absolute Gasteiger partial charge is 0.265 e. The first-order chi connectivity index (χ1) is 13.1. The number of hydrogen-bond donors (Lipinski definition) is 1. The molecule has 0 bridgehead atoms. The van der Waals surface area contributed by atoms with E-state index in [1.165, 1.54) is 12.1 Å². The summed E-state index contributed by atoms with van der Waals surface area (Å²) >= 11 is 1.57. The largest absolute Gasteiger partial charge is 0.478 e. The first-order valence-electron chi connectivity index (χ1n) is 8.35. The van der Waals surface area contributed by atoms with Gasteiger partial charge in [-0.1, -0.05) is 24.3 Å². The molecule has 0 saturated carbocycles. The quantitative estimate of drug-likeness (QED) is 0.549. The van der Waals surface area contributed by atoms with Crippen LogP contribution in [0.1, 0.15) is 6.92 Å². The second-order valence-electron chi connectivity index (χ2n) is 5.98. The minimum absolute atomic E-state index is 0.0512. The zero-order chi connectivity index (χ0) is 18.8. The Morgan fingerprint density at radius 1 is 1.22 bits per heavy atom. The van der Waals surface area contributed by atoms with Gasteiger partial charge in [0.2, 0.25) is 0 Å². The fraction of sp³-hybridized carbons (Fsp3) is 0.100. The molecule has 27 heavy (non-hydrogen) atoms. The van der Waals surface area contributed by atoms with Crippen LogP contribution in [0.2, 0.25) is 0 Å². The molecular formula is C20H16FN3O2S. The van der Waals surface area contributed by atoms with Gasteiger partial charge in [-0.25, -0.2) is 9.37 Å². The van der Waals surface area contributed by atoms with Crippen LogP contribution >= 0.6 is 11.3 Å². The van der Waals surface area contributed by atoms with E-state index in [2.05, 4.69) is 10.3 Å². The maximum Gasteiger partial charge on any atom is 0.265 e. The Morgan fingerprint density at radius 2 is 2.00 bits per heavy atom. The van der Waals surface area contributed by atoms with Crippen LogP contribution in [0, 0.1) is 5.82 Å². The van der Waals surface area contributed by atoms with Crippen LogP contribution in [-0.2, 0) is 4.79 Å². The number of halogens is 1. The van der Waals surface area contributed by atoms with E-state index in [1.807, 2.05) is 34.3 Å². The van der Waals surface area contributed by atoms with E-state index in [0.29, 0.717) is 5.69 Å². The Morgan fingerprint density at radius 3 is 2.74 bits per heavy atom. The Hall–Kier alpha value is -3.19. The lowest BCUT2D eigenvalue weighted by Crippen LogP contribution is -2.30. The van der Waals surface area contributed by atoms with E-state index < -0.39 is 11.9 Å². The van der Waals surface area contributed by atoms with Gasteiger partial charge in [-0.05, 0) is 31.2 Å². The second-order valence-corrected chi connectivity index (χ2v) is 6.85. The summed E-state index contributed by atoms with van der Waals surface area (Å²) in [5.41, 5.74) is 2.46. The molecule has 0 aliphatic carbocycles. The monoisotopic (exact) mass is 381 g/mol. The summed E-state index contributed by atoms with van der Waals surface area (Å²) in [4.78, 5) is 17.8. The molecule has 2 heterocycles. The molecule has 2 aromatic carbocycles. The lowest BCUT2D eigenvalue weighted by molar-refractivity contribution is -0.122. The molecule has 136 valence electrons. The Kier molecular flexibility index (Phi) is 4.60. The van der Waals surface area contributed by atoms with E-state index in [-0.39, 0.29) is 11.7 Å². The molecule has 1 unspecified atom stereocenters. The van der Waals surface area contributed by atoms with Crippen LogP contribution in [0.15, 0.2) is 66.3 Å². The van der Waals surface area contributed by atoms with Gasteiger partial charge >= 0.3 is 0 Å². The van der Waals surface area contributed by atoms with E-state index in [4.69, 9.17) is 4.74 Å². The van der Waals surface area contributed by atoms with Crippen molar-refractivity contribution in [2.24, 2.45) is 0 Å². The number of thiazole rings is 1. The van der Waals surface area contributed by atoms with E-state index in [9.17, 15) is 9.18 Å². The lowest BCUT2D eigenvalue weighted by atomic mass is 10.1. The molecule has 2 aromatic heterocycles. The summed E-state index contributed by atoms with van der Waals surface area (Å²) in [7, 11) is 0. The number of nitrogens with zero attached hydrogens (tertiary/aromatic N) is 2. The Balaban J connectivity index is 1.42. The maximum atomic E-state index is 13.6. The number of benzene rings is 2. The highest BCUT2D eigenvalue weighted by Gasteiger charge is 2.16. The molecule has 4 rings (SSSR count). The normalized spacial score (nSPS) is 12.1. The van der Waals surface area contributed by atoms with Crippen molar-refractivity contribution in [3.63, 3.8) is 0 Å². The highest BCUT2D eigenvalue weighted by atomic mass is 32.1. The van der Waals surface area contributed by atoms with Crippen molar-refractivity contribution in [2.75, 3.05) is 5.32 Å². The number of fused-ring (bicyclic) bond motifs is 1. The fourth-order valence-corrected chi connectivity index (χ4v) is 3.32. The van der Waals surface area contributed by atoms with Crippen molar-refractivity contribution in [3.05, 3.63) is 72.1 Å². The number of para-hydroxylation sites is 1. The number of carbonyl (C=O) groups is 1. The van der Waals surface area contributed by atoms with Gasteiger partial charge in [-0.3, -0.25) is 9.20 Å². The molecule has 5 nitrogen and oxygen atoms in total. The van der Waals surface area contributed by atoms with Gasteiger partial charge in [0, 0.05) is 29.0 Å². The molecule has 1 N–H and O–H groups in total. The van der Waals surface area contributed by atoms with Crippen molar-refractivity contribution in [2.45, 2.75) is 13.0 Å². The maximum absolute atomic E-state index is 13.6. The summed E-state index contributed by atoms with van der Waals surface area (Å²) in [6, 6.07) is 13.4. The number of aromatic nitrogens is 2. The van der Waals surface area contributed by atoms with E-state index >= 15 is 0 Å². The minimum atomic E-state index is -0.832. The number of hydrogen-bond acceptors (Lipinski definition) is 4. The Labute approximate surface area is 159 Å². The van der Waals surface area contributed by atoms with Crippen LogP contribution in [0.4, 0.5) is 10.1 Å². The molecule has 1 amide bonds. The van der Waals surface area contributed by atoms with E-state index in [1.54, 1.807) is 42.5 Å². The molecule has 0 radical (unpaired) electrons. The predicted molar refractivity (Wildman–Crippen MR) is 104 cm³/mol.